The molecule has 4 rings (SSSR count). The Kier molecular flexibility index (Phi) is 4.79. The summed E-state index contributed by atoms with van der Waals surface area (Å²) in [4.78, 5) is 30.7. The highest BCUT2D eigenvalue weighted by atomic mass is 79.9. The van der Waals surface area contributed by atoms with Crippen LogP contribution in [0.3, 0.4) is 0 Å². The van der Waals surface area contributed by atoms with Gasteiger partial charge in [-0.25, -0.2) is 9.88 Å². The van der Waals surface area contributed by atoms with Crippen LogP contribution in [0.2, 0.25) is 0 Å². The number of benzene rings is 1. The van der Waals surface area contributed by atoms with Gasteiger partial charge >= 0.3 is 0 Å². The number of carbonyl (C=O) groups is 2. The molecule has 3 aromatic rings. The van der Waals surface area contributed by atoms with E-state index in [9.17, 15) is 9.59 Å². The summed E-state index contributed by atoms with van der Waals surface area (Å²) in [5, 5.41) is 7.65. The molecule has 7 nitrogen and oxygen atoms in total. The summed E-state index contributed by atoms with van der Waals surface area (Å²) in [7, 11) is 0. The normalized spacial score (nSPS) is 17.0. The number of imide groups is 1. The number of nitrogens with zero attached hydrogens (tertiary/aromatic N) is 4. The monoisotopic (exact) mass is 444 g/mol. The molecule has 0 aliphatic carbocycles. The van der Waals surface area contributed by atoms with E-state index in [4.69, 9.17) is 4.42 Å². The average Bonchev–Trinajstić information content (AvgIpc) is 3.20. The van der Waals surface area contributed by atoms with Crippen molar-refractivity contribution >= 4 is 45.2 Å². The number of hydrogen-bond donors (Lipinski definition) is 0. The number of amides is 2. The van der Waals surface area contributed by atoms with Crippen molar-refractivity contribution in [1.29, 1.82) is 0 Å². The van der Waals surface area contributed by atoms with Crippen molar-refractivity contribution in [2.75, 3.05) is 4.90 Å². The minimum atomic E-state index is -0.587. The second-order valence-electron chi connectivity index (χ2n) is 5.89. The summed E-state index contributed by atoms with van der Waals surface area (Å²) in [6, 6.07) is 10.7. The van der Waals surface area contributed by atoms with Crippen molar-refractivity contribution in [2.24, 2.45) is 0 Å². The lowest BCUT2D eigenvalue weighted by Gasteiger charge is -2.14. The molecule has 27 heavy (non-hydrogen) atoms. The van der Waals surface area contributed by atoms with Crippen molar-refractivity contribution in [3.05, 3.63) is 52.8 Å². The van der Waals surface area contributed by atoms with Gasteiger partial charge in [-0.05, 0) is 43.3 Å². The van der Waals surface area contributed by atoms with E-state index in [1.807, 2.05) is 13.0 Å². The van der Waals surface area contributed by atoms with Crippen molar-refractivity contribution in [3.8, 4) is 11.5 Å². The third-order valence-corrected chi connectivity index (χ3v) is 5.54. The van der Waals surface area contributed by atoms with Gasteiger partial charge in [-0.2, -0.15) is 5.10 Å². The molecule has 1 atom stereocenters. The molecule has 1 fully saturated rings. The van der Waals surface area contributed by atoms with Crippen LogP contribution in [0.1, 0.15) is 12.2 Å². The van der Waals surface area contributed by atoms with Gasteiger partial charge in [-0.15, -0.1) is 5.10 Å². The minimum Gasteiger partial charge on any atom is -0.460 e. The van der Waals surface area contributed by atoms with Crippen molar-refractivity contribution < 1.29 is 14.0 Å². The highest BCUT2D eigenvalue weighted by Crippen LogP contribution is 2.33. The van der Waals surface area contributed by atoms with Gasteiger partial charge in [-0.1, -0.05) is 27.7 Å². The SMILES string of the molecule is Cc1ccc(-c2cnnc(SC3CC(=O)N(c4ccc(Br)cc4)C3=O)n2)o1. The highest BCUT2D eigenvalue weighted by molar-refractivity contribution is 9.10. The lowest BCUT2D eigenvalue weighted by atomic mass is 10.3. The molecule has 2 aromatic heterocycles. The number of hydrogen-bond acceptors (Lipinski definition) is 7. The molecule has 9 heteroatoms. The Balaban J connectivity index is 1.54. The number of rotatable bonds is 4. The molecular formula is C18H13BrN4O3S. The maximum Gasteiger partial charge on any atom is 0.247 e. The van der Waals surface area contributed by atoms with Crippen LogP contribution in [-0.2, 0) is 9.59 Å². The highest BCUT2D eigenvalue weighted by Gasteiger charge is 2.40. The van der Waals surface area contributed by atoms with Gasteiger partial charge in [0, 0.05) is 10.9 Å². The predicted molar refractivity (Wildman–Crippen MR) is 103 cm³/mol. The average molecular weight is 445 g/mol. The Bertz CT molecular complexity index is 1020. The Labute approximate surface area is 167 Å². The van der Waals surface area contributed by atoms with Crippen LogP contribution in [0.25, 0.3) is 11.5 Å². The van der Waals surface area contributed by atoms with E-state index in [2.05, 4.69) is 31.1 Å². The summed E-state index contributed by atoms with van der Waals surface area (Å²) >= 11 is 4.48. The van der Waals surface area contributed by atoms with Gasteiger partial charge in [-0.3, -0.25) is 9.59 Å². The maximum absolute atomic E-state index is 12.7. The summed E-state index contributed by atoms with van der Waals surface area (Å²) in [6.07, 6.45) is 1.59. The second-order valence-corrected chi connectivity index (χ2v) is 7.97. The van der Waals surface area contributed by atoms with Crippen LogP contribution < -0.4 is 4.90 Å². The fraction of sp³-hybridized carbons (Fsp3) is 0.167. The van der Waals surface area contributed by atoms with Crippen LogP contribution in [-0.4, -0.2) is 32.2 Å². The zero-order valence-electron chi connectivity index (χ0n) is 14.1. The summed E-state index contributed by atoms with van der Waals surface area (Å²) in [6.45, 7) is 1.84. The number of aryl methyl sites for hydroxylation is 1. The zero-order chi connectivity index (χ0) is 19.0. The van der Waals surface area contributed by atoms with Crippen molar-refractivity contribution in [1.82, 2.24) is 15.2 Å². The molecule has 0 bridgehead atoms. The van der Waals surface area contributed by atoms with Gasteiger partial charge < -0.3 is 4.42 Å². The first-order valence-corrected chi connectivity index (χ1v) is 9.74. The number of anilines is 1. The molecule has 0 radical (unpaired) electrons. The number of aromatic nitrogens is 3. The Morgan fingerprint density at radius 2 is 1.96 bits per heavy atom. The Morgan fingerprint density at radius 3 is 2.67 bits per heavy atom. The molecule has 2 amide bonds. The largest absolute Gasteiger partial charge is 0.460 e. The van der Waals surface area contributed by atoms with Crippen LogP contribution >= 0.6 is 27.7 Å². The Morgan fingerprint density at radius 1 is 1.19 bits per heavy atom. The van der Waals surface area contributed by atoms with Crippen LogP contribution in [0, 0.1) is 6.92 Å². The molecule has 1 aliphatic heterocycles. The second kappa shape index (κ2) is 7.24. The minimum absolute atomic E-state index is 0.0903. The first kappa shape index (κ1) is 17.9. The third-order valence-electron chi connectivity index (χ3n) is 3.97. The quantitative estimate of drug-likeness (QED) is 0.567. The lowest BCUT2D eigenvalue weighted by Crippen LogP contribution is -2.31. The van der Waals surface area contributed by atoms with Gasteiger partial charge in [0.05, 0.1) is 11.9 Å². The fourth-order valence-electron chi connectivity index (χ4n) is 2.71. The van der Waals surface area contributed by atoms with E-state index in [0.717, 1.165) is 22.0 Å². The molecule has 0 saturated carbocycles. The molecular weight excluding hydrogens is 432 g/mol. The standard InChI is InChI=1S/C18H13BrN4O3S/c1-10-2-7-14(26-10)13-9-20-22-18(21-13)27-15-8-16(24)23(17(15)25)12-5-3-11(19)4-6-12/h2-7,9,15H,8H2,1H3. The van der Waals surface area contributed by atoms with E-state index >= 15 is 0 Å². The summed E-state index contributed by atoms with van der Waals surface area (Å²) in [5.41, 5.74) is 1.08. The van der Waals surface area contributed by atoms with E-state index in [0.29, 0.717) is 22.3 Å². The first-order chi connectivity index (χ1) is 13.0. The summed E-state index contributed by atoms with van der Waals surface area (Å²) in [5.74, 6) is 0.815. The third kappa shape index (κ3) is 3.65. The van der Waals surface area contributed by atoms with Crippen LogP contribution in [0.15, 0.2) is 56.6 Å². The molecule has 0 spiro atoms. The first-order valence-electron chi connectivity index (χ1n) is 8.07. The molecule has 0 N–H and O–H groups in total. The van der Waals surface area contributed by atoms with E-state index in [1.165, 1.54) is 11.1 Å². The number of thioether (sulfide) groups is 1. The van der Waals surface area contributed by atoms with E-state index in [1.54, 1.807) is 30.3 Å². The number of carbonyl (C=O) groups excluding carboxylic acids is 2. The van der Waals surface area contributed by atoms with E-state index in [-0.39, 0.29) is 18.2 Å². The van der Waals surface area contributed by atoms with Crippen LogP contribution in [0.4, 0.5) is 5.69 Å². The lowest BCUT2D eigenvalue weighted by molar-refractivity contribution is -0.121. The predicted octanol–water partition coefficient (Wildman–Crippen LogP) is 3.63. The smallest absolute Gasteiger partial charge is 0.247 e. The number of halogens is 1. The van der Waals surface area contributed by atoms with Gasteiger partial charge in [0.25, 0.3) is 0 Å². The zero-order valence-corrected chi connectivity index (χ0v) is 16.5. The van der Waals surface area contributed by atoms with Crippen molar-refractivity contribution in [2.45, 2.75) is 23.8 Å². The topological polar surface area (TPSA) is 89.2 Å². The van der Waals surface area contributed by atoms with E-state index < -0.39 is 5.25 Å². The van der Waals surface area contributed by atoms with Gasteiger partial charge in [0.15, 0.2) is 5.76 Å². The Hall–Kier alpha value is -2.52. The fourth-order valence-corrected chi connectivity index (χ4v) is 3.91. The van der Waals surface area contributed by atoms with Gasteiger partial charge in [0.2, 0.25) is 17.0 Å². The molecule has 1 saturated heterocycles. The van der Waals surface area contributed by atoms with Crippen LogP contribution in [0.5, 0.6) is 0 Å². The number of furan rings is 1. The molecule has 136 valence electrons. The molecule has 1 aliphatic rings. The van der Waals surface area contributed by atoms with Gasteiger partial charge in [0.1, 0.15) is 16.7 Å². The molecule has 3 heterocycles. The molecule has 1 unspecified atom stereocenters. The summed E-state index contributed by atoms with van der Waals surface area (Å²) < 4.78 is 6.42. The molecule has 1 aromatic carbocycles. The van der Waals surface area contributed by atoms with Crippen molar-refractivity contribution in [3.63, 3.8) is 0 Å². The maximum atomic E-state index is 12.7.